The van der Waals surface area contributed by atoms with E-state index in [4.69, 9.17) is 18.9 Å². The number of fused-ring (bicyclic) bond motifs is 1. The largest absolute Gasteiger partial charge is 0.454 e. The molecule has 0 radical (unpaired) electrons. The topological polar surface area (TPSA) is 101 Å². The van der Waals surface area contributed by atoms with Crippen molar-refractivity contribution in [3.8, 4) is 11.5 Å². The maximum atomic E-state index is 14.5. The predicted octanol–water partition coefficient (Wildman–Crippen LogP) is 1.64. The standard InChI is InChI=1S/C19H18FN3O6/c1-26-14-8-19(14)7-11(20)17(29-19)23-5-4-15(22-18(23)25)21-16(24)10-2-3-12-13(6-10)28-9-27-12/h2-6,11,14,17H,7-9H2,1H3,(H,21,22,24,25)/t11-,14-,17+,19?/m0/s1. The number of benzene rings is 1. The van der Waals surface area contributed by atoms with Crippen LogP contribution < -0.4 is 20.5 Å². The van der Waals surface area contributed by atoms with Crippen LogP contribution in [0.15, 0.2) is 35.3 Å². The molecule has 9 nitrogen and oxygen atoms in total. The molecule has 1 spiro atoms. The van der Waals surface area contributed by atoms with E-state index in [1.165, 1.54) is 12.3 Å². The Morgan fingerprint density at radius 3 is 2.90 bits per heavy atom. The van der Waals surface area contributed by atoms with Crippen molar-refractivity contribution in [1.29, 1.82) is 0 Å². The Morgan fingerprint density at radius 2 is 2.14 bits per heavy atom. The summed E-state index contributed by atoms with van der Waals surface area (Å²) in [6, 6.07) is 6.17. The molecular formula is C19H18FN3O6. The minimum absolute atomic E-state index is 0.0539. The first-order valence-corrected chi connectivity index (χ1v) is 9.14. The minimum atomic E-state index is -1.34. The van der Waals surface area contributed by atoms with Crippen molar-refractivity contribution >= 4 is 11.7 Å². The van der Waals surface area contributed by atoms with Gasteiger partial charge in [0.15, 0.2) is 17.7 Å². The smallest absolute Gasteiger partial charge is 0.351 e. The SMILES string of the molecule is CO[C@H]1CC12C[C@H](F)[C@H](n1ccc(NC(=O)c3ccc4c(c3)OCO4)nc1=O)O2. The van der Waals surface area contributed by atoms with Gasteiger partial charge in [-0.2, -0.15) is 4.98 Å². The molecule has 5 rings (SSSR count). The quantitative estimate of drug-likeness (QED) is 0.828. The normalized spacial score (nSPS) is 29.2. The molecular weight excluding hydrogens is 385 g/mol. The first-order valence-electron chi connectivity index (χ1n) is 9.14. The Morgan fingerprint density at radius 1 is 1.31 bits per heavy atom. The third kappa shape index (κ3) is 3.04. The molecule has 1 amide bonds. The van der Waals surface area contributed by atoms with E-state index in [0.717, 1.165) is 4.57 Å². The molecule has 3 aliphatic rings. The molecule has 3 heterocycles. The molecule has 152 valence electrons. The van der Waals surface area contributed by atoms with Crippen molar-refractivity contribution in [2.75, 3.05) is 19.2 Å². The van der Waals surface area contributed by atoms with E-state index >= 15 is 0 Å². The number of anilines is 1. The first-order chi connectivity index (χ1) is 14.0. The Hall–Kier alpha value is -2.98. The number of rotatable bonds is 4. The fourth-order valence-electron chi connectivity index (χ4n) is 3.82. The number of hydrogen-bond donors (Lipinski definition) is 1. The predicted molar refractivity (Wildman–Crippen MR) is 96.8 cm³/mol. The molecule has 1 aromatic heterocycles. The van der Waals surface area contributed by atoms with Gasteiger partial charge in [-0.15, -0.1) is 0 Å². The maximum Gasteiger partial charge on any atom is 0.351 e. The summed E-state index contributed by atoms with van der Waals surface area (Å²) in [5, 5.41) is 2.55. The van der Waals surface area contributed by atoms with Gasteiger partial charge in [-0.25, -0.2) is 9.18 Å². The number of aromatic nitrogens is 2. The number of carbonyl (C=O) groups excluding carboxylic acids is 1. The van der Waals surface area contributed by atoms with Crippen LogP contribution in [0.4, 0.5) is 10.2 Å². The van der Waals surface area contributed by atoms with Gasteiger partial charge in [-0.3, -0.25) is 9.36 Å². The van der Waals surface area contributed by atoms with Crippen LogP contribution in [0.5, 0.6) is 11.5 Å². The van der Waals surface area contributed by atoms with Gasteiger partial charge >= 0.3 is 5.69 Å². The fourth-order valence-corrected chi connectivity index (χ4v) is 3.82. The molecule has 1 saturated carbocycles. The van der Waals surface area contributed by atoms with Gasteiger partial charge in [-0.1, -0.05) is 0 Å². The van der Waals surface area contributed by atoms with E-state index in [0.29, 0.717) is 23.5 Å². The van der Waals surface area contributed by atoms with E-state index in [9.17, 15) is 14.0 Å². The molecule has 1 N–H and O–H groups in total. The van der Waals surface area contributed by atoms with Crippen LogP contribution >= 0.6 is 0 Å². The van der Waals surface area contributed by atoms with Crippen molar-refractivity contribution < 1.29 is 28.1 Å². The lowest BCUT2D eigenvalue weighted by molar-refractivity contribution is -0.0548. The van der Waals surface area contributed by atoms with Crippen LogP contribution in [0.25, 0.3) is 0 Å². The fraction of sp³-hybridized carbons (Fsp3) is 0.421. The molecule has 2 aromatic rings. The maximum absolute atomic E-state index is 14.5. The number of halogens is 1. The zero-order valence-corrected chi connectivity index (χ0v) is 15.5. The van der Waals surface area contributed by atoms with Gasteiger partial charge in [0.1, 0.15) is 17.6 Å². The molecule has 1 aliphatic carbocycles. The number of amides is 1. The van der Waals surface area contributed by atoms with Crippen molar-refractivity contribution in [2.45, 2.75) is 36.9 Å². The summed E-state index contributed by atoms with van der Waals surface area (Å²) in [4.78, 5) is 28.7. The number of nitrogens with zero attached hydrogens (tertiary/aromatic N) is 2. The summed E-state index contributed by atoms with van der Waals surface area (Å²) in [6.07, 6.45) is -0.421. The van der Waals surface area contributed by atoms with Crippen LogP contribution in [-0.4, -0.2) is 47.2 Å². The second-order valence-electron chi connectivity index (χ2n) is 7.25. The van der Waals surface area contributed by atoms with Gasteiger partial charge in [0.25, 0.3) is 5.91 Å². The highest BCUT2D eigenvalue weighted by Gasteiger charge is 2.64. The number of nitrogens with one attached hydrogen (secondary N) is 1. The number of alkyl halides is 1. The van der Waals surface area contributed by atoms with Crippen molar-refractivity contribution in [1.82, 2.24) is 9.55 Å². The summed E-state index contributed by atoms with van der Waals surface area (Å²) in [7, 11) is 1.55. The van der Waals surface area contributed by atoms with Crippen LogP contribution in [0.3, 0.4) is 0 Å². The molecule has 0 bridgehead atoms. The highest BCUT2D eigenvalue weighted by Crippen LogP contribution is 2.54. The number of carbonyl (C=O) groups is 1. The van der Waals surface area contributed by atoms with Crippen LogP contribution in [0.1, 0.15) is 29.4 Å². The second kappa shape index (κ2) is 6.53. The Kier molecular flexibility index (Phi) is 4.07. The Labute approximate surface area is 164 Å². The summed E-state index contributed by atoms with van der Waals surface area (Å²) < 4.78 is 37.1. The zero-order chi connectivity index (χ0) is 20.2. The van der Waals surface area contributed by atoms with Gasteiger partial charge < -0.3 is 24.3 Å². The average molecular weight is 403 g/mol. The first kappa shape index (κ1) is 18.1. The third-order valence-electron chi connectivity index (χ3n) is 5.43. The molecule has 4 atom stereocenters. The second-order valence-corrected chi connectivity index (χ2v) is 7.25. The Bertz CT molecular complexity index is 1040. The molecule has 2 fully saturated rings. The molecule has 10 heteroatoms. The molecule has 1 aromatic carbocycles. The highest BCUT2D eigenvalue weighted by atomic mass is 19.1. The summed E-state index contributed by atoms with van der Waals surface area (Å²) >= 11 is 0. The Balaban J connectivity index is 1.31. The van der Waals surface area contributed by atoms with E-state index < -0.39 is 29.6 Å². The average Bonchev–Trinajstić information content (AvgIpc) is 3.02. The van der Waals surface area contributed by atoms with Gasteiger partial charge in [0.2, 0.25) is 6.79 Å². The zero-order valence-electron chi connectivity index (χ0n) is 15.5. The summed E-state index contributed by atoms with van der Waals surface area (Å²) in [6.45, 7) is 0.103. The van der Waals surface area contributed by atoms with Crippen molar-refractivity contribution in [3.05, 3.63) is 46.5 Å². The van der Waals surface area contributed by atoms with E-state index in [1.54, 1.807) is 25.3 Å². The lowest BCUT2D eigenvalue weighted by Crippen LogP contribution is -2.31. The number of ether oxygens (including phenoxy) is 4. The number of hydrogen-bond acceptors (Lipinski definition) is 7. The van der Waals surface area contributed by atoms with E-state index in [2.05, 4.69) is 10.3 Å². The van der Waals surface area contributed by atoms with Crippen molar-refractivity contribution in [2.24, 2.45) is 0 Å². The molecule has 1 unspecified atom stereocenters. The lowest BCUT2D eigenvalue weighted by atomic mass is 10.2. The van der Waals surface area contributed by atoms with Crippen molar-refractivity contribution in [3.63, 3.8) is 0 Å². The van der Waals surface area contributed by atoms with Gasteiger partial charge in [0, 0.05) is 31.7 Å². The summed E-state index contributed by atoms with van der Waals surface area (Å²) in [5.74, 6) is 0.618. The van der Waals surface area contributed by atoms with Crippen LogP contribution in [0.2, 0.25) is 0 Å². The van der Waals surface area contributed by atoms with E-state index in [-0.39, 0.29) is 25.1 Å². The lowest BCUT2D eigenvalue weighted by Gasteiger charge is -2.17. The summed E-state index contributed by atoms with van der Waals surface area (Å²) in [5.41, 5.74) is -1.05. The van der Waals surface area contributed by atoms with E-state index in [1.807, 2.05) is 0 Å². The van der Waals surface area contributed by atoms with Crippen LogP contribution in [0, 0.1) is 0 Å². The monoisotopic (exact) mass is 403 g/mol. The third-order valence-corrected chi connectivity index (χ3v) is 5.43. The molecule has 2 aliphatic heterocycles. The van der Waals surface area contributed by atoms with Crippen LogP contribution in [-0.2, 0) is 9.47 Å². The highest BCUT2D eigenvalue weighted by molar-refractivity contribution is 6.04. The minimum Gasteiger partial charge on any atom is -0.454 e. The van der Waals surface area contributed by atoms with Gasteiger partial charge in [0.05, 0.1) is 6.10 Å². The number of methoxy groups -OCH3 is 1. The molecule has 29 heavy (non-hydrogen) atoms. The van der Waals surface area contributed by atoms with Gasteiger partial charge in [-0.05, 0) is 24.3 Å². The molecule has 1 saturated heterocycles.